The number of aryl methyl sites for hydroxylation is 3. The minimum Gasteiger partial charge on any atom is -0.466 e. The van der Waals surface area contributed by atoms with Crippen molar-refractivity contribution in [3.05, 3.63) is 59.7 Å². The average molecular weight is 393 g/mol. The van der Waals surface area contributed by atoms with Crippen LogP contribution >= 0.6 is 0 Å². The molecular formula is C22H23N3O4. The number of para-hydroxylation sites is 1. The Morgan fingerprint density at radius 1 is 1.07 bits per heavy atom. The van der Waals surface area contributed by atoms with Crippen LogP contribution in [-0.4, -0.2) is 27.3 Å². The van der Waals surface area contributed by atoms with Crippen LogP contribution in [-0.2, 0) is 22.5 Å². The number of carbonyl (C=O) groups excluding carboxylic acids is 1. The maximum absolute atomic E-state index is 12.0. The van der Waals surface area contributed by atoms with Crippen molar-refractivity contribution < 1.29 is 18.4 Å². The maximum Gasteiger partial charge on any atom is 0.306 e. The second-order valence-electron chi connectivity index (χ2n) is 6.99. The van der Waals surface area contributed by atoms with Gasteiger partial charge in [0.1, 0.15) is 5.58 Å². The fraction of sp³-hybridized carbons (Fsp3) is 0.318. The van der Waals surface area contributed by atoms with E-state index >= 15 is 0 Å². The molecule has 0 amide bonds. The second-order valence-corrected chi connectivity index (χ2v) is 6.99. The van der Waals surface area contributed by atoms with Gasteiger partial charge in [0, 0.05) is 29.7 Å². The smallest absolute Gasteiger partial charge is 0.306 e. The zero-order valence-corrected chi connectivity index (χ0v) is 16.6. The van der Waals surface area contributed by atoms with E-state index in [1.165, 1.54) is 11.4 Å². The minimum atomic E-state index is -0.269. The van der Waals surface area contributed by atoms with Crippen LogP contribution < -0.4 is 0 Å². The van der Waals surface area contributed by atoms with Crippen LogP contribution in [0.1, 0.15) is 30.1 Å². The molecule has 3 heterocycles. The molecule has 0 bridgehead atoms. The number of hydrogen-bond acceptors (Lipinski definition) is 6. The molecule has 0 aliphatic heterocycles. The van der Waals surface area contributed by atoms with E-state index in [2.05, 4.69) is 40.7 Å². The van der Waals surface area contributed by atoms with Crippen molar-refractivity contribution in [3.8, 4) is 11.7 Å². The molecule has 150 valence electrons. The highest BCUT2D eigenvalue weighted by Crippen LogP contribution is 2.26. The Bertz CT molecular complexity index is 1070. The highest BCUT2D eigenvalue weighted by Gasteiger charge is 2.15. The molecule has 0 fully saturated rings. The summed E-state index contributed by atoms with van der Waals surface area (Å²) in [4.78, 5) is 12.0. The van der Waals surface area contributed by atoms with E-state index in [1.54, 1.807) is 0 Å². The van der Waals surface area contributed by atoms with Crippen molar-refractivity contribution in [2.45, 2.75) is 39.7 Å². The summed E-state index contributed by atoms with van der Waals surface area (Å²) < 4.78 is 18.9. The third kappa shape index (κ3) is 4.39. The van der Waals surface area contributed by atoms with E-state index in [-0.39, 0.29) is 12.4 Å². The lowest BCUT2D eigenvalue weighted by molar-refractivity contribution is -0.143. The van der Waals surface area contributed by atoms with Crippen molar-refractivity contribution in [1.82, 2.24) is 14.8 Å². The molecule has 4 rings (SSSR count). The summed E-state index contributed by atoms with van der Waals surface area (Å²) in [6.45, 7) is 5.37. The molecule has 0 saturated carbocycles. The minimum absolute atomic E-state index is 0.198. The Morgan fingerprint density at radius 3 is 2.66 bits per heavy atom. The standard InChI is InChI=1S/C22H23N3O4/c1-15-8-9-16(2)25(15)12-5-13-27-21(26)11-10-20-23-24-22(29-20)19-14-17-6-3-4-7-18(17)28-19/h3-4,6-9,14H,5,10-13H2,1-2H3. The molecule has 7 nitrogen and oxygen atoms in total. The first-order valence-electron chi connectivity index (χ1n) is 9.70. The summed E-state index contributed by atoms with van der Waals surface area (Å²) >= 11 is 0. The van der Waals surface area contributed by atoms with Crippen molar-refractivity contribution >= 4 is 16.9 Å². The van der Waals surface area contributed by atoms with Crippen molar-refractivity contribution in [1.29, 1.82) is 0 Å². The summed E-state index contributed by atoms with van der Waals surface area (Å²) in [5, 5.41) is 8.98. The summed E-state index contributed by atoms with van der Waals surface area (Å²) in [5.41, 5.74) is 3.19. The lowest BCUT2D eigenvalue weighted by Gasteiger charge is -2.09. The van der Waals surface area contributed by atoms with E-state index in [4.69, 9.17) is 13.6 Å². The summed E-state index contributed by atoms with van der Waals surface area (Å²) in [7, 11) is 0. The Hall–Kier alpha value is -3.35. The number of furan rings is 1. The van der Waals surface area contributed by atoms with E-state index in [0.717, 1.165) is 23.9 Å². The van der Waals surface area contributed by atoms with Gasteiger partial charge >= 0.3 is 5.97 Å². The normalized spacial score (nSPS) is 11.2. The van der Waals surface area contributed by atoms with Crippen LogP contribution in [0.4, 0.5) is 0 Å². The largest absolute Gasteiger partial charge is 0.466 e. The fourth-order valence-electron chi connectivity index (χ4n) is 3.28. The molecule has 4 aromatic rings. The van der Waals surface area contributed by atoms with Gasteiger partial charge in [-0.05, 0) is 44.5 Å². The van der Waals surface area contributed by atoms with Gasteiger partial charge in [-0.1, -0.05) is 18.2 Å². The van der Waals surface area contributed by atoms with E-state index in [9.17, 15) is 4.79 Å². The molecular weight excluding hydrogens is 370 g/mol. The molecule has 0 saturated heterocycles. The first-order chi connectivity index (χ1) is 14.1. The van der Waals surface area contributed by atoms with Crippen LogP contribution in [0, 0.1) is 13.8 Å². The molecule has 0 N–H and O–H groups in total. The second kappa shape index (κ2) is 8.34. The third-order valence-corrected chi connectivity index (χ3v) is 4.85. The van der Waals surface area contributed by atoms with Gasteiger partial charge in [0.2, 0.25) is 5.89 Å². The summed E-state index contributed by atoms with van der Waals surface area (Å²) in [6.07, 6.45) is 1.31. The number of esters is 1. The number of carbonyl (C=O) groups is 1. The van der Waals surface area contributed by atoms with Crippen LogP contribution in [0.2, 0.25) is 0 Å². The number of nitrogens with zero attached hydrogens (tertiary/aromatic N) is 3. The number of fused-ring (bicyclic) bond motifs is 1. The van der Waals surface area contributed by atoms with Gasteiger partial charge in [0.25, 0.3) is 5.89 Å². The molecule has 0 aliphatic carbocycles. The predicted molar refractivity (Wildman–Crippen MR) is 107 cm³/mol. The number of benzene rings is 1. The van der Waals surface area contributed by atoms with Crippen LogP contribution in [0.5, 0.6) is 0 Å². The molecule has 3 aromatic heterocycles. The van der Waals surface area contributed by atoms with E-state index in [1.807, 2.05) is 30.3 Å². The third-order valence-electron chi connectivity index (χ3n) is 4.85. The maximum atomic E-state index is 12.0. The molecule has 0 radical (unpaired) electrons. The Balaban J connectivity index is 1.23. The summed E-state index contributed by atoms with van der Waals surface area (Å²) in [5.74, 6) is 0.940. The Kier molecular flexibility index (Phi) is 5.46. The number of rotatable bonds is 8. The SMILES string of the molecule is Cc1ccc(C)n1CCCOC(=O)CCc1nnc(-c2cc3ccccc3o2)o1. The van der Waals surface area contributed by atoms with Gasteiger partial charge in [-0.25, -0.2) is 0 Å². The van der Waals surface area contributed by atoms with Gasteiger partial charge in [-0.2, -0.15) is 0 Å². The monoisotopic (exact) mass is 393 g/mol. The lowest BCUT2D eigenvalue weighted by atomic mass is 10.2. The zero-order chi connectivity index (χ0) is 20.2. The van der Waals surface area contributed by atoms with Crippen LogP contribution in [0.25, 0.3) is 22.6 Å². The van der Waals surface area contributed by atoms with Crippen molar-refractivity contribution in [3.63, 3.8) is 0 Å². The lowest BCUT2D eigenvalue weighted by Crippen LogP contribution is -2.10. The Morgan fingerprint density at radius 2 is 1.86 bits per heavy atom. The molecule has 0 atom stereocenters. The van der Waals surface area contributed by atoms with E-state index < -0.39 is 0 Å². The topological polar surface area (TPSA) is 83.3 Å². The van der Waals surface area contributed by atoms with Gasteiger partial charge in [-0.15, -0.1) is 10.2 Å². The van der Waals surface area contributed by atoms with Crippen molar-refractivity contribution in [2.24, 2.45) is 0 Å². The summed E-state index contributed by atoms with van der Waals surface area (Å²) in [6, 6.07) is 13.7. The average Bonchev–Trinajstić information content (AvgIpc) is 3.43. The number of aromatic nitrogens is 3. The highest BCUT2D eigenvalue weighted by molar-refractivity contribution is 5.81. The first kappa shape index (κ1) is 19.0. The predicted octanol–water partition coefficient (Wildman–Crippen LogP) is 4.47. The quantitative estimate of drug-likeness (QED) is 0.324. The highest BCUT2D eigenvalue weighted by atomic mass is 16.5. The van der Waals surface area contributed by atoms with Gasteiger partial charge in [0.15, 0.2) is 5.76 Å². The van der Waals surface area contributed by atoms with Crippen LogP contribution in [0.15, 0.2) is 51.3 Å². The molecule has 29 heavy (non-hydrogen) atoms. The number of hydrogen-bond donors (Lipinski definition) is 0. The van der Waals surface area contributed by atoms with Crippen LogP contribution in [0.3, 0.4) is 0 Å². The fourth-order valence-corrected chi connectivity index (χ4v) is 3.28. The van der Waals surface area contributed by atoms with E-state index in [0.29, 0.717) is 30.6 Å². The molecule has 0 aliphatic rings. The molecule has 7 heteroatoms. The van der Waals surface area contributed by atoms with Gasteiger partial charge in [0.05, 0.1) is 13.0 Å². The van der Waals surface area contributed by atoms with Gasteiger partial charge < -0.3 is 18.1 Å². The first-order valence-corrected chi connectivity index (χ1v) is 9.70. The zero-order valence-electron chi connectivity index (χ0n) is 16.6. The van der Waals surface area contributed by atoms with Gasteiger partial charge in [-0.3, -0.25) is 4.79 Å². The Labute approximate surface area is 168 Å². The molecule has 0 unspecified atom stereocenters. The van der Waals surface area contributed by atoms with Crippen molar-refractivity contribution in [2.75, 3.05) is 6.61 Å². The number of ether oxygens (including phenoxy) is 1. The molecule has 1 aromatic carbocycles. The molecule has 0 spiro atoms.